The molecule has 3 heterocycles. The summed E-state index contributed by atoms with van der Waals surface area (Å²) in [5.74, 6) is -0.312. The topological polar surface area (TPSA) is 43.1 Å². The predicted molar refractivity (Wildman–Crippen MR) is 68.0 cm³/mol. The van der Waals surface area contributed by atoms with Crippen LogP contribution in [-0.2, 0) is 6.42 Å². The minimum Gasteiger partial charge on any atom is -0.257 e. The second-order valence-corrected chi connectivity index (χ2v) is 4.45. The van der Waals surface area contributed by atoms with Crippen LogP contribution < -0.4 is 0 Å². The zero-order chi connectivity index (χ0) is 12.8. The molecular formula is C14H9FN4. The van der Waals surface area contributed by atoms with E-state index in [-0.39, 0.29) is 5.82 Å². The number of fused-ring (bicyclic) bond motifs is 2. The quantitative estimate of drug-likeness (QED) is 0.667. The Kier molecular flexibility index (Phi) is 2.03. The van der Waals surface area contributed by atoms with Crippen molar-refractivity contribution in [3.05, 3.63) is 65.6 Å². The molecule has 1 aliphatic rings. The lowest BCUT2D eigenvalue weighted by atomic mass is 10.0. The molecule has 4 rings (SSSR count). The van der Waals surface area contributed by atoms with Crippen LogP contribution in [0.15, 0.2) is 43.0 Å². The average molecular weight is 252 g/mol. The van der Waals surface area contributed by atoms with Gasteiger partial charge >= 0.3 is 0 Å². The highest BCUT2D eigenvalue weighted by atomic mass is 19.1. The number of rotatable bonds is 1. The molecule has 0 aliphatic heterocycles. The van der Waals surface area contributed by atoms with E-state index in [1.54, 1.807) is 4.52 Å². The lowest BCUT2D eigenvalue weighted by Crippen LogP contribution is -1.94. The molecule has 3 aromatic rings. The molecule has 0 aromatic carbocycles. The van der Waals surface area contributed by atoms with Crippen molar-refractivity contribution < 1.29 is 4.39 Å². The summed E-state index contributed by atoms with van der Waals surface area (Å²) in [5.41, 5.74) is 4.55. The summed E-state index contributed by atoms with van der Waals surface area (Å²) >= 11 is 0. The summed E-state index contributed by atoms with van der Waals surface area (Å²) in [6, 6.07) is 5.40. The third-order valence-corrected chi connectivity index (χ3v) is 3.31. The van der Waals surface area contributed by atoms with Gasteiger partial charge in [0.05, 0.1) is 11.9 Å². The monoisotopic (exact) mass is 252 g/mol. The predicted octanol–water partition coefficient (Wildman–Crippen LogP) is 2.25. The first kappa shape index (κ1) is 10.4. The summed E-state index contributed by atoms with van der Waals surface area (Å²) in [5, 5.41) is 4.11. The van der Waals surface area contributed by atoms with Crippen molar-refractivity contribution in [3.8, 4) is 0 Å². The Balaban J connectivity index is 1.88. The van der Waals surface area contributed by atoms with E-state index in [4.69, 9.17) is 0 Å². The minimum atomic E-state index is -0.312. The van der Waals surface area contributed by atoms with Gasteiger partial charge in [-0.2, -0.15) is 5.10 Å². The van der Waals surface area contributed by atoms with E-state index < -0.39 is 0 Å². The highest BCUT2D eigenvalue weighted by molar-refractivity contribution is 5.83. The lowest BCUT2D eigenvalue weighted by Gasteiger charge is -2.06. The molecule has 19 heavy (non-hydrogen) atoms. The molecule has 0 atom stereocenters. The Hall–Kier alpha value is -2.56. The average Bonchev–Trinajstić information content (AvgIpc) is 3.03. The summed E-state index contributed by atoms with van der Waals surface area (Å²) in [6.07, 6.45) is 7.47. The number of aromatic nitrogens is 4. The van der Waals surface area contributed by atoms with Crippen molar-refractivity contribution in [2.75, 3.05) is 0 Å². The van der Waals surface area contributed by atoms with E-state index in [1.165, 1.54) is 18.6 Å². The van der Waals surface area contributed by atoms with Crippen molar-refractivity contribution >= 4 is 11.2 Å². The zero-order valence-corrected chi connectivity index (χ0v) is 9.92. The van der Waals surface area contributed by atoms with Gasteiger partial charge in [0, 0.05) is 23.7 Å². The molecule has 5 heteroatoms. The number of nitrogens with zero attached hydrogens (tertiary/aromatic N) is 4. The molecule has 0 saturated carbocycles. The fourth-order valence-corrected chi connectivity index (χ4v) is 2.42. The van der Waals surface area contributed by atoms with E-state index in [0.717, 1.165) is 34.5 Å². The Bertz CT molecular complexity index is 819. The standard InChI is InChI=1S/C14H9FN4/c15-10-5-12-11(2-3-13(12)16-6-10)9-1-4-14-17-8-18-19(14)7-9/h1-2,4-8H,3H2. The van der Waals surface area contributed by atoms with Crippen LogP contribution in [0, 0.1) is 5.82 Å². The van der Waals surface area contributed by atoms with E-state index in [9.17, 15) is 4.39 Å². The third kappa shape index (κ3) is 1.55. The first-order chi connectivity index (χ1) is 9.31. The van der Waals surface area contributed by atoms with Gasteiger partial charge in [-0.3, -0.25) is 4.98 Å². The van der Waals surface area contributed by atoms with Gasteiger partial charge in [0.25, 0.3) is 0 Å². The third-order valence-electron chi connectivity index (χ3n) is 3.31. The molecule has 0 N–H and O–H groups in total. The number of pyridine rings is 2. The molecule has 0 radical (unpaired) electrons. The van der Waals surface area contributed by atoms with E-state index in [0.29, 0.717) is 0 Å². The Morgan fingerprint density at radius 3 is 3.11 bits per heavy atom. The molecule has 0 saturated heterocycles. The molecule has 4 nitrogen and oxygen atoms in total. The van der Waals surface area contributed by atoms with E-state index in [1.807, 2.05) is 18.3 Å². The molecule has 0 fully saturated rings. The van der Waals surface area contributed by atoms with Gasteiger partial charge in [0.15, 0.2) is 5.65 Å². The number of halogens is 1. The maximum Gasteiger partial charge on any atom is 0.155 e. The Morgan fingerprint density at radius 2 is 2.16 bits per heavy atom. The second-order valence-electron chi connectivity index (χ2n) is 4.45. The van der Waals surface area contributed by atoms with Gasteiger partial charge in [0.2, 0.25) is 0 Å². The van der Waals surface area contributed by atoms with Crippen LogP contribution in [0.1, 0.15) is 16.8 Å². The Morgan fingerprint density at radius 1 is 1.21 bits per heavy atom. The molecular weight excluding hydrogens is 243 g/mol. The zero-order valence-electron chi connectivity index (χ0n) is 9.92. The Labute approximate surface area is 108 Å². The molecule has 0 spiro atoms. The van der Waals surface area contributed by atoms with Crippen molar-refractivity contribution in [2.45, 2.75) is 6.42 Å². The molecule has 92 valence electrons. The van der Waals surface area contributed by atoms with Gasteiger partial charge in [-0.1, -0.05) is 6.08 Å². The fourth-order valence-electron chi connectivity index (χ4n) is 2.42. The highest BCUT2D eigenvalue weighted by Crippen LogP contribution is 2.31. The van der Waals surface area contributed by atoms with Crippen LogP contribution in [0.4, 0.5) is 4.39 Å². The molecule has 0 bridgehead atoms. The number of allylic oxidation sites excluding steroid dienone is 1. The van der Waals surface area contributed by atoms with Crippen molar-refractivity contribution in [1.82, 2.24) is 19.6 Å². The summed E-state index contributed by atoms with van der Waals surface area (Å²) in [4.78, 5) is 8.23. The maximum atomic E-state index is 13.3. The summed E-state index contributed by atoms with van der Waals surface area (Å²) in [6.45, 7) is 0. The molecule has 3 aromatic heterocycles. The number of hydrogen-bond acceptors (Lipinski definition) is 3. The fraction of sp³-hybridized carbons (Fsp3) is 0.0714. The smallest absolute Gasteiger partial charge is 0.155 e. The highest BCUT2D eigenvalue weighted by Gasteiger charge is 2.18. The lowest BCUT2D eigenvalue weighted by molar-refractivity contribution is 0.619. The maximum absolute atomic E-state index is 13.3. The van der Waals surface area contributed by atoms with Gasteiger partial charge in [0.1, 0.15) is 12.1 Å². The van der Waals surface area contributed by atoms with Crippen molar-refractivity contribution in [3.63, 3.8) is 0 Å². The van der Waals surface area contributed by atoms with Crippen LogP contribution in [0.2, 0.25) is 0 Å². The van der Waals surface area contributed by atoms with Gasteiger partial charge in [-0.15, -0.1) is 0 Å². The van der Waals surface area contributed by atoms with E-state index >= 15 is 0 Å². The molecule has 0 unspecified atom stereocenters. The summed E-state index contributed by atoms with van der Waals surface area (Å²) in [7, 11) is 0. The first-order valence-corrected chi connectivity index (χ1v) is 5.96. The molecule has 1 aliphatic carbocycles. The van der Waals surface area contributed by atoms with Crippen LogP contribution >= 0.6 is 0 Å². The van der Waals surface area contributed by atoms with Crippen molar-refractivity contribution in [2.24, 2.45) is 0 Å². The summed E-state index contributed by atoms with van der Waals surface area (Å²) < 4.78 is 15.0. The normalized spacial score (nSPS) is 13.6. The second kappa shape index (κ2) is 3.71. The minimum absolute atomic E-state index is 0.312. The van der Waals surface area contributed by atoms with Crippen LogP contribution in [0.25, 0.3) is 11.2 Å². The van der Waals surface area contributed by atoms with E-state index in [2.05, 4.69) is 21.1 Å². The van der Waals surface area contributed by atoms with Crippen LogP contribution in [0.3, 0.4) is 0 Å². The largest absolute Gasteiger partial charge is 0.257 e. The van der Waals surface area contributed by atoms with Crippen LogP contribution in [-0.4, -0.2) is 19.6 Å². The first-order valence-electron chi connectivity index (χ1n) is 5.96. The number of hydrogen-bond donors (Lipinski definition) is 0. The van der Waals surface area contributed by atoms with Gasteiger partial charge < -0.3 is 0 Å². The van der Waals surface area contributed by atoms with Crippen LogP contribution in [0.5, 0.6) is 0 Å². The van der Waals surface area contributed by atoms with Crippen molar-refractivity contribution in [1.29, 1.82) is 0 Å². The molecule has 0 amide bonds. The van der Waals surface area contributed by atoms with Gasteiger partial charge in [-0.05, 0) is 23.8 Å². The van der Waals surface area contributed by atoms with Gasteiger partial charge in [-0.25, -0.2) is 13.9 Å². The SMILES string of the molecule is Fc1cnc2c(c1)C(c1ccc3ncnn3c1)=CC2.